The second kappa shape index (κ2) is 5.25. The summed E-state index contributed by atoms with van der Waals surface area (Å²) in [5, 5.41) is 3.26. The molecule has 2 atom stereocenters. The van der Waals surface area contributed by atoms with Gasteiger partial charge in [-0.15, -0.1) is 0 Å². The number of carbonyl (C=O) groups excluding carboxylic acids is 1. The van der Waals surface area contributed by atoms with Gasteiger partial charge in [0, 0.05) is 12.4 Å². The highest BCUT2D eigenvalue weighted by atomic mass is 16.7. The lowest BCUT2D eigenvalue weighted by atomic mass is 9.66. The van der Waals surface area contributed by atoms with Crippen molar-refractivity contribution in [2.24, 2.45) is 5.92 Å². The minimum Gasteiger partial charge on any atom is -0.460 e. The van der Waals surface area contributed by atoms with Crippen molar-refractivity contribution in [3.05, 3.63) is 0 Å². The van der Waals surface area contributed by atoms with Gasteiger partial charge < -0.3 is 19.4 Å². The molecule has 2 heterocycles. The molecule has 21 heavy (non-hydrogen) atoms. The summed E-state index contributed by atoms with van der Waals surface area (Å²) in [6.07, 6.45) is 0. The van der Waals surface area contributed by atoms with Crippen LogP contribution < -0.4 is 5.32 Å². The van der Waals surface area contributed by atoms with E-state index in [1.54, 1.807) is 0 Å². The van der Waals surface area contributed by atoms with Gasteiger partial charge in [-0.05, 0) is 55.0 Å². The Balaban J connectivity index is 2.08. The molecule has 1 N–H and O–H groups in total. The zero-order chi connectivity index (χ0) is 16.1. The van der Waals surface area contributed by atoms with E-state index in [4.69, 9.17) is 14.0 Å². The van der Waals surface area contributed by atoms with E-state index in [1.165, 1.54) is 0 Å². The van der Waals surface area contributed by atoms with E-state index in [2.05, 4.69) is 5.32 Å². The normalized spacial score (nSPS) is 31.5. The van der Waals surface area contributed by atoms with Gasteiger partial charge in [-0.3, -0.25) is 4.79 Å². The minimum atomic E-state index is -0.472. The highest BCUT2D eigenvalue weighted by molar-refractivity contribution is 6.48. The third-order valence-corrected chi connectivity index (χ3v) is 4.59. The Labute approximate surface area is 128 Å². The molecule has 2 aliphatic rings. The van der Waals surface area contributed by atoms with Crippen molar-refractivity contribution in [3.8, 4) is 0 Å². The van der Waals surface area contributed by atoms with Gasteiger partial charge in [-0.2, -0.15) is 0 Å². The summed E-state index contributed by atoms with van der Waals surface area (Å²) in [6, 6.07) is 0. The molecular weight excluding hydrogens is 269 g/mol. The van der Waals surface area contributed by atoms with Crippen molar-refractivity contribution in [1.82, 2.24) is 5.32 Å². The Morgan fingerprint density at radius 1 is 1.14 bits per heavy atom. The summed E-state index contributed by atoms with van der Waals surface area (Å²) in [5.74, 6) is -0.410. The van der Waals surface area contributed by atoms with E-state index in [1.807, 2.05) is 48.5 Å². The van der Waals surface area contributed by atoms with Crippen molar-refractivity contribution in [2.75, 3.05) is 13.1 Å². The molecule has 0 saturated carbocycles. The Kier molecular flexibility index (Phi) is 4.19. The first-order valence-corrected chi connectivity index (χ1v) is 7.72. The Hall–Kier alpha value is -0.585. The number of hydrogen-bond donors (Lipinski definition) is 1. The van der Waals surface area contributed by atoms with Gasteiger partial charge in [-0.25, -0.2) is 0 Å². The lowest BCUT2D eigenvalue weighted by Crippen LogP contribution is -2.41. The smallest absolute Gasteiger partial charge is 0.460 e. The van der Waals surface area contributed by atoms with E-state index in [9.17, 15) is 4.79 Å². The summed E-state index contributed by atoms with van der Waals surface area (Å²) in [5.41, 5.74) is -1.22. The van der Waals surface area contributed by atoms with Gasteiger partial charge in [0.1, 0.15) is 5.60 Å². The predicted octanol–water partition coefficient (Wildman–Crippen LogP) is 2.01. The number of esters is 1. The SMILES string of the molecule is CC(C)(C)OC(=O)[C@@H]1CNC[C@H]1B1OC(C)(C)C(C)(C)O1. The van der Waals surface area contributed by atoms with Crippen LogP contribution in [0.3, 0.4) is 0 Å². The fourth-order valence-electron chi connectivity index (χ4n) is 2.68. The quantitative estimate of drug-likeness (QED) is 0.624. The maximum atomic E-state index is 12.4. The van der Waals surface area contributed by atoms with Crippen LogP contribution in [-0.2, 0) is 18.8 Å². The fraction of sp³-hybridized carbons (Fsp3) is 0.933. The van der Waals surface area contributed by atoms with Crippen molar-refractivity contribution in [1.29, 1.82) is 0 Å². The first-order valence-electron chi connectivity index (χ1n) is 7.72. The first kappa shape index (κ1) is 16.8. The van der Waals surface area contributed by atoms with Gasteiger partial charge in [0.15, 0.2) is 0 Å². The molecule has 2 rings (SSSR count). The highest BCUT2D eigenvalue weighted by Crippen LogP contribution is 2.43. The van der Waals surface area contributed by atoms with Gasteiger partial charge in [-0.1, -0.05) is 0 Å². The van der Waals surface area contributed by atoms with Crippen LogP contribution in [0.1, 0.15) is 48.5 Å². The van der Waals surface area contributed by atoms with Crippen LogP contribution in [0.4, 0.5) is 0 Å². The van der Waals surface area contributed by atoms with Crippen LogP contribution in [0.5, 0.6) is 0 Å². The van der Waals surface area contributed by atoms with Crippen LogP contribution in [0.2, 0.25) is 5.82 Å². The molecule has 0 bridgehead atoms. The second-order valence-corrected chi connectivity index (χ2v) is 8.09. The number of carbonyl (C=O) groups is 1. The molecule has 0 aromatic carbocycles. The molecular formula is C15H28BNO4. The molecule has 0 aliphatic carbocycles. The largest absolute Gasteiger partial charge is 0.463 e. The average molecular weight is 297 g/mol. The molecule has 0 unspecified atom stereocenters. The van der Waals surface area contributed by atoms with E-state index in [-0.39, 0.29) is 36.0 Å². The monoisotopic (exact) mass is 297 g/mol. The minimum absolute atomic E-state index is 0.0131. The molecule has 5 nitrogen and oxygen atoms in total. The molecule has 120 valence electrons. The van der Waals surface area contributed by atoms with E-state index >= 15 is 0 Å². The Morgan fingerprint density at radius 3 is 2.14 bits per heavy atom. The second-order valence-electron chi connectivity index (χ2n) is 8.09. The van der Waals surface area contributed by atoms with Gasteiger partial charge >= 0.3 is 13.1 Å². The van der Waals surface area contributed by atoms with Crippen LogP contribution >= 0.6 is 0 Å². The molecule has 0 aromatic heterocycles. The lowest BCUT2D eigenvalue weighted by molar-refractivity contribution is -0.159. The third kappa shape index (κ3) is 3.43. The fourth-order valence-corrected chi connectivity index (χ4v) is 2.68. The molecule has 2 fully saturated rings. The zero-order valence-electron chi connectivity index (χ0n) is 14.3. The molecule has 0 amide bonds. The summed E-state index contributed by atoms with van der Waals surface area (Å²) in [4.78, 5) is 12.4. The van der Waals surface area contributed by atoms with Crippen molar-refractivity contribution in [3.63, 3.8) is 0 Å². The van der Waals surface area contributed by atoms with E-state index in [0.717, 1.165) is 0 Å². The molecule has 0 aromatic rings. The number of hydrogen-bond acceptors (Lipinski definition) is 5. The zero-order valence-corrected chi connectivity index (χ0v) is 14.3. The topological polar surface area (TPSA) is 56.8 Å². The number of rotatable bonds is 2. The van der Waals surface area contributed by atoms with Crippen molar-refractivity contribution >= 4 is 13.1 Å². The Morgan fingerprint density at radius 2 is 1.67 bits per heavy atom. The number of nitrogens with one attached hydrogen (secondary N) is 1. The maximum Gasteiger partial charge on any atom is 0.463 e. The van der Waals surface area contributed by atoms with Crippen molar-refractivity contribution < 1.29 is 18.8 Å². The third-order valence-electron chi connectivity index (χ3n) is 4.59. The Bertz CT molecular complexity index is 400. The summed E-state index contributed by atoms with van der Waals surface area (Å²) in [6.45, 7) is 15.1. The highest BCUT2D eigenvalue weighted by Gasteiger charge is 2.57. The van der Waals surface area contributed by atoms with E-state index in [0.29, 0.717) is 13.1 Å². The molecule has 2 saturated heterocycles. The summed E-state index contributed by atoms with van der Waals surface area (Å²) >= 11 is 0. The van der Waals surface area contributed by atoms with Gasteiger partial charge in [0.05, 0.1) is 17.1 Å². The average Bonchev–Trinajstić information content (AvgIpc) is 2.79. The summed E-state index contributed by atoms with van der Waals surface area (Å²) in [7, 11) is -0.373. The van der Waals surface area contributed by atoms with Crippen LogP contribution in [-0.4, -0.2) is 43.0 Å². The maximum absolute atomic E-state index is 12.4. The van der Waals surface area contributed by atoms with Gasteiger partial charge in [0.25, 0.3) is 0 Å². The lowest BCUT2D eigenvalue weighted by Gasteiger charge is -2.32. The first-order chi connectivity index (χ1) is 9.43. The van der Waals surface area contributed by atoms with E-state index < -0.39 is 5.60 Å². The van der Waals surface area contributed by atoms with Gasteiger partial charge in [0.2, 0.25) is 0 Å². The number of ether oxygens (including phenoxy) is 1. The summed E-state index contributed by atoms with van der Waals surface area (Å²) < 4.78 is 17.7. The molecule has 0 radical (unpaired) electrons. The molecule has 2 aliphatic heterocycles. The predicted molar refractivity (Wildman–Crippen MR) is 82.0 cm³/mol. The molecule has 6 heteroatoms. The molecule has 0 spiro atoms. The van der Waals surface area contributed by atoms with Crippen LogP contribution in [0.15, 0.2) is 0 Å². The standard InChI is InChI=1S/C15H28BNO4/c1-13(2,3)19-12(18)10-8-17-9-11(10)16-20-14(4,5)15(6,7)21-16/h10-11,17H,8-9H2,1-7H3/t10-,11-/m1/s1. The van der Waals surface area contributed by atoms with Crippen LogP contribution in [0, 0.1) is 5.92 Å². The van der Waals surface area contributed by atoms with Crippen molar-refractivity contribution in [2.45, 2.75) is 71.1 Å². The van der Waals surface area contributed by atoms with Crippen LogP contribution in [0.25, 0.3) is 0 Å².